The molecule has 0 aliphatic carbocycles. The van der Waals surface area contributed by atoms with Crippen molar-refractivity contribution in [2.24, 2.45) is 0 Å². The molecule has 3 nitrogen and oxygen atoms in total. The van der Waals surface area contributed by atoms with Crippen molar-refractivity contribution in [3.05, 3.63) is 34.3 Å². The van der Waals surface area contributed by atoms with E-state index < -0.39 is 5.97 Å². The first-order chi connectivity index (χ1) is 8.29. The van der Waals surface area contributed by atoms with Crippen LogP contribution in [-0.2, 0) is 4.74 Å². The Morgan fingerprint density at radius 3 is 2.67 bits per heavy atom. The molecule has 96 valence electrons. The number of benzene rings is 1. The smallest absolute Gasteiger partial charge is 0.337 e. The van der Waals surface area contributed by atoms with E-state index in [1.165, 1.54) is 12.1 Å². The first-order valence-corrected chi connectivity index (χ1v) is 5.83. The van der Waals surface area contributed by atoms with Gasteiger partial charge in [0, 0.05) is 5.56 Å². The van der Waals surface area contributed by atoms with E-state index in [0.29, 0.717) is 12.2 Å². The number of rotatable bonds is 2. The third-order valence-electron chi connectivity index (χ3n) is 2.01. The maximum Gasteiger partial charge on any atom is 0.337 e. The van der Waals surface area contributed by atoms with Gasteiger partial charge in [-0.25, -0.2) is 4.79 Å². The number of ether oxygens (including phenoxy) is 1. The van der Waals surface area contributed by atoms with Crippen LogP contribution in [0.15, 0.2) is 18.2 Å². The topological polar surface area (TPSA) is 46.5 Å². The molecule has 0 spiro atoms. The van der Waals surface area contributed by atoms with Crippen LogP contribution in [0, 0.1) is 11.8 Å². The van der Waals surface area contributed by atoms with Crippen LogP contribution in [0.3, 0.4) is 0 Å². The zero-order valence-electron chi connectivity index (χ0n) is 10.6. The summed E-state index contributed by atoms with van der Waals surface area (Å²) in [4.78, 5) is 10.9. The standard InChI is InChI=1S/C14H15ClO3/c1-14(2,3)18-8-4-5-10-6-7-12(15)11(9-10)13(16)17/h6-7,9H,8H2,1-3H3,(H,16,17). The van der Waals surface area contributed by atoms with Crippen molar-refractivity contribution >= 4 is 17.6 Å². The van der Waals surface area contributed by atoms with E-state index in [1.54, 1.807) is 6.07 Å². The summed E-state index contributed by atoms with van der Waals surface area (Å²) in [7, 11) is 0. The minimum atomic E-state index is -1.06. The second kappa shape index (κ2) is 5.90. The van der Waals surface area contributed by atoms with Crippen LogP contribution in [0.1, 0.15) is 36.7 Å². The van der Waals surface area contributed by atoms with Crippen LogP contribution in [0.4, 0.5) is 0 Å². The Morgan fingerprint density at radius 1 is 1.44 bits per heavy atom. The lowest BCUT2D eigenvalue weighted by Crippen LogP contribution is -2.19. The van der Waals surface area contributed by atoms with Gasteiger partial charge in [0.1, 0.15) is 6.61 Å². The molecule has 0 aliphatic heterocycles. The molecule has 0 aliphatic rings. The molecule has 0 atom stereocenters. The minimum Gasteiger partial charge on any atom is -0.478 e. The molecule has 0 fully saturated rings. The maximum absolute atomic E-state index is 10.9. The predicted molar refractivity (Wildman–Crippen MR) is 71.0 cm³/mol. The Labute approximate surface area is 112 Å². The van der Waals surface area contributed by atoms with Gasteiger partial charge in [-0.05, 0) is 39.0 Å². The molecular formula is C14H15ClO3. The van der Waals surface area contributed by atoms with Gasteiger partial charge in [-0.2, -0.15) is 0 Å². The molecule has 0 bridgehead atoms. The first kappa shape index (κ1) is 14.6. The molecule has 4 heteroatoms. The third-order valence-corrected chi connectivity index (χ3v) is 2.34. The van der Waals surface area contributed by atoms with Crippen molar-refractivity contribution < 1.29 is 14.6 Å². The Balaban J connectivity index is 2.77. The normalized spacial score (nSPS) is 10.7. The summed E-state index contributed by atoms with van der Waals surface area (Å²) in [6, 6.07) is 4.66. The Morgan fingerprint density at radius 2 is 2.11 bits per heavy atom. The summed E-state index contributed by atoms with van der Waals surface area (Å²) >= 11 is 5.76. The average molecular weight is 267 g/mol. The monoisotopic (exact) mass is 266 g/mol. The van der Waals surface area contributed by atoms with Gasteiger partial charge in [-0.1, -0.05) is 23.4 Å². The summed E-state index contributed by atoms with van der Waals surface area (Å²) in [5.41, 5.74) is 0.426. The molecule has 1 rings (SSSR count). The minimum absolute atomic E-state index is 0.0557. The second-order valence-corrected chi connectivity index (χ2v) is 5.11. The highest BCUT2D eigenvalue weighted by Crippen LogP contribution is 2.17. The van der Waals surface area contributed by atoms with Gasteiger partial charge >= 0.3 is 5.97 Å². The molecule has 0 unspecified atom stereocenters. The maximum atomic E-state index is 10.9. The first-order valence-electron chi connectivity index (χ1n) is 5.45. The van der Waals surface area contributed by atoms with Gasteiger partial charge < -0.3 is 9.84 Å². The lowest BCUT2D eigenvalue weighted by atomic mass is 10.1. The molecule has 0 radical (unpaired) electrons. The zero-order chi connectivity index (χ0) is 13.8. The third kappa shape index (κ3) is 4.79. The number of aromatic carboxylic acids is 1. The Kier molecular flexibility index (Phi) is 4.77. The molecule has 0 saturated carbocycles. The van der Waals surface area contributed by atoms with Crippen LogP contribution in [0.25, 0.3) is 0 Å². The summed E-state index contributed by atoms with van der Waals surface area (Å²) in [5, 5.41) is 9.12. The highest BCUT2D eigenvalue weighted by atomic mass is 35.5. The molecule has 1 aromatic rings. The van der Waals surface area contributed by atoms with Crippen LogP contribution in [0.2, 0.25) is 5.02 Å². The van der Waals surface area contributed by atoms with Gasteiger partial charge in [-0.3, -0.25) is 0 Å². The number of hydrogen-bond donors (Lipinski definition) is 1. The summed E-state index contributed by atoms with van der Waals surface area (Å²) in [6.45, 7) is 6.13. The number of halogens is 1. The quantitative estimate of drug-likeness (QED) is 0.836. The van der Waals surface area contributed by atoms with Crippen LogP contribution < -0.4 is 0 Å². The van der Waals surface area contributed by atoms with E-state index in [2.05, 4.69) is 11.8 Å². The molecule has 1 aromatic carbocycles. The Hall–Kier alpha value is -1.50. The fraction of sp³-hybridized carbons (Fsp3) is 0.357. The highest BCUT2D eigenvalue weighted by molar-refractivity contribution is 6.33. The number of carboxylic acid groups (broad SMARTS) is 1. The van der Waals surface area contributed by atoms with Gasteiger partial charge in [0.15, 0.2) is 0 Å². The molecule has 1 N–H and O–H groups in total. The lowest BCUT2D eigenvalue weighted by molar-refractivity contribution is 0.0181. The van der Waals surface area contributed by atoms with Gasteiger partial charge in [0.2, 0.25) is 0 Å². The number of hydrogen-bond acceptors (Lipinski definition) is 2. The van der Waals surface area contributed by atoms with E-state index in [9.17, 15) is 4.79 Å². The van der Waals surface area contributed by atoms with Crippen molar-refractivity contribution in [1.29, 1.82) is 0 Å². The fourth-order valence-electron chi connectivity index (χ4n) is 1.16. The molecule has 0 saturated heterocycles. The number of carboxylic acids is 1. The zero-order valence-corrected chi connectivity index (χ0v) is 11.3. The van der Waals surface area contributed by atoms with E-state index in [1.807, 2.05) is 20.8 Å². The summed E-state index contributed by atoms with van der Waals surface area (Å²) in [5.74, 6) is 4.62. The van der Waals surface area contributed by atoms with Gasteiger partial charge in [0.25, 0.3) is 0 Å². The van der Waals surface area contributed by atoms with Crippen molar-refractivity contribution in [3.63, 3.8) is 0 Å². The SMILES string of the molecule is CC(C)(C)OCC#Cc1ccc(Cl)c(C(=O)O)c1. The van der Waals surface area contributed by atoms with Crippen molar-refractivity contribution in [3.8, 4) is 11.8 Å². The van der Waals surface area contributed by atoms with Crippen LogP contribution in [0.5, 0.6) is 0 Å². The molecular weight excluding hydrogens is 252 g/mol. The van der Waals surface area contributed by atoms with Crippen molar-refractivity contribution in [2.75, 3.05) is 6.61 Å². The van der Waals surface area contributed by atoms with Crippen molar-refractivity contribution in [2.45, 2.75) is 26.4 Å². The number of carbonyl (C=O) groups is 1. The van der Waals surface area contributed by atoms with Gasteiger partial charge in [0.05, 0.1) is 16.2 Å². The van der Waals surface area contributed by atoms with Gasteiger partial charge in [-0.15, -0.1) is 0 Å². The highest BCUT2D eigenvalue weighted by Gasteiger charge is 2.09. The second-order valence-electron chi connectivity index (χ2n) is 4.70. The van der Waals surface area contributed by atoms with E-state index in [-0.39, 0.29) is 16.2 Å². The molecule has 18 heavy (non-hydrogen) atoms. The fourth-order valence-corrected chi connectivity index (χ4v) is 1.36. The summed E-state index contributed by atoms with van der Waals surface area (Å²) in [6.07, 6.45) is 0. The average Bonchev–Trinajstić information content (AvgIpc) is 2.24. The Bertz CT molecular complexity index is 504. The molecule has 0 heterocycles. The summed E-state index contributed by atoms with van der Waals surface area (Å²) < 4.78 is 5.44. The van der Waals surface area contributed by atoms with Crippen LogP contribution in [-0.4, -0.2) is 23.3 Å². The molecule has 0 aromatic heterocycles. The van der Waals surface area contributed by atoms with Crippen molar-refractivity contribution in [1.82, 2.24) is 0 Å². The van der Waals surface area contributed by atoms with Crippen LogP contribution >= 0.6 is 11.6 Å². The molecule has 0 amide bonds. The lowest BCUT2D eigenvalue weighted by Gasteiger charge is -2.16. The van der Waals surface area contributed by atoms with E-state index >= 15 is 0 Å². The van der Waals surface area contributed by atoms with E-state index in [4.69, 9.17) is 21.4 Å². The predicted octanol–water partition coefficient (Wildman–Crippen LogP) is 3.20. The largest absolute Gasteiger partial charge is 0.478 e. The van der Waals surface area contributed by atoms with E-state index in [0.717, 1.165) is 0 Å².